The highest BCUT2D eigenvalue weighted by atomic mass is 32.2. The molecule has 0 aliphatic carbocycles. The van der Waals surface area contributed by atoms with E-state index in [0.717, 1.165) is 17.8 Å². The van der Waals surface area contributed by atoms with E-state index in [1.165, 1.54) is 18.2 Å². The molecule has 3 rings (SSSR count). The van der Waals surface area contributed by atoms with Gasteiger partial charge >= 0.3 is 0 Å². The van der Waals surface area contributed by atoms with Gasteiger partial charge in [0, 0.05) is 11.0 Å². The highest BCUT2D eigenvalue weighted by Crippen LogP contribution is 2.45. The molecule has 0 atom stereocenters. The topological polar surface area (TPSA) is 12.0 Å². The Morgan fingerprint density at radius 3 is 2.53 bits per heavy atom. The molecule has 0 saturated carbocycles. The quantitative estimate of drug-likeness (QED) is 0.640. The molecule has 0 radical (unpaired) electrons. The van der Waals surface area contributed by atoms with E-state index >= 15 is 0 Å². The van der Waals surface area contributed by atoms with Gasteiger partial charge in [0.1, 0.15) is 17.5 Å². The molecule has 2 aromatic carbocycles. The maximum absolute atomic E-state index is 13.5. The van der Waals surface area contributed by atoms with Gasteiger partial charge in [0.05, 0.1) is 16.3 Å². The van der Waals surface area contributed by atoms with Crippen LogP contribution in [0.4, 0.5) is 24.5 Å². The highest BCUT2D eigenvalue weighted by molar-refractivity contribution is 7.99. The highest BCUT2D eigenvalue weighted by Gasteiger charge is 2.20. The predicted molar refractivity (Wildman–Crippen MR) is 60.2 cm³/mol. The molecule has 0 fully saturated rings. The fourth-order valence-corrected chi connectivity index (χ4v) is 2.69. The molecule has 2 aromatic rings. The van der Waals surface area contributed by atoms with Gasteiger partial charge in [-0.2, -0.15) is 0 Å². The Kier molecular flexibility index (Phi) is 2.29. The summed E-state index contributed by atoms with van der Waals surface area (Å²) in [7, 11) is 0. The molecular formula is C12H6F3NS. The normalized spacial score (nSPS) is 12.6. The summed E-state index contributed by atoms with van der Waals surface area (Å²) in [4.78, 5) is 0.868. The van der Waals surface area contributed by atoms with Crippen LogP contribution in [0.1, 0.15) is 0 Å². The minimum absolute atomic E-state index is 0.282. The first-order valence-corrected chi connectivity index (χ1v) is 5.68. The Hall–Kier alpha value is -1.62. The van der Waals surface area contributed by atoms with Crippen LogP contribution in [0.2, 0.25) is 0 Å². The second-order valence-electron chi connectivity index (χ2n) is 3.63. The molecule has 0 saturated heterocycles. The lowest BCUT2D eigenvalue weighted by molar-refractivity contribution is 0.567. The largest absolute Gasteiger partial charge is 0.354 e. The molecule has 5 heteroatoms. The third-order valence-corrected chi connectivity index (χ3v) is 3.61. The SMILES string of the molecule is Fc1cc(F)c2c(c1)Nc1ccc(F)cc1S2. The summed E-state index contributed by atoms with van der Waals surface area (Å²) >= 11 is 1.09. The molecule has 0 amide bonds. The molecule has 86 valence electrons. The molecule has 0 aromatic heterocycles. The lowest BCUT2D eigenvalue weighted by Gasteiger charge is -2.21. The van der Waals surface area contributed by atoms with Crippen LogP contribution in [0.15, 0.2) is 40.1 Å². The van der Waals surface area contributed by atoms with Gasteiger partial charge in [0.25, 0.3) is 0 Å². The maximum Gasteiger partial charge on any atom is 0.142 e. The molecule has 1 N–H and O–H groups in total. The number of anilines is 2. The number of rotatable bonds is 0. The van der Waals surface area contributed by atoms with Crippen LogP contribution in [0, 0.1) is 17.5 Å². The molecule has 1 aliphatic rings. The maximum atomic E-state index is 13.5. The first-order valence-electron chi connectivity index (χ1n) is 4.87. The Morgan fingerprint density at radius 1 is 0.882 bits per heavy atom. The molecule has 1 aliphatic heterocycles. The zero-order chi connectivity index (χ0) is 12.0. The molecule has 17 heavy (non-hydrogen) atoms. The van der Waals surface area contributed by atoms with Crippen LogP contribution < -0.4 is 5.32 Å². The minimum atomic E-state index is -0.646. The van der Waals surface area contributed by atoms with E-state index in [0.29, 0.717) is 16.3 Å². The first-order chi connectivity index (χ1) is 8.13. The molecule has 1 nitrogen and oxygen atoms in total. The van der Waals surface area contributed by atoms with E-state index in [9.17, 15) is 13.2 Å². The van der Waals surface area contributed by atoms with Crippen molar-refractivity contribution in [3.05, 3.63) is 47.8 Å². The fraction of sp³-hybridized carbons (Fsp3) is 0. The van der Waals surface area contributed by atoms with Crippen molar-refractivity contribution >= 4 is 23.1 Å². The second kappa shape index (κ2) is 3.70. The van der Waals surface area contributed by atoms with E-state index in [1.54, 1.807) is 6.07 Å². The average Bonchev–Trinajstić information content (AvgIpc) is 2.27. The lowest BCUT2D eigenvalue weighted by Crippen LogP contribution is -2.02. The average molecular weight is 253 g/mol. The van der Waals surface area contributed by atoms with Crippen molar-refractivity contribution in [2.75, 3.05) is 5.32 Å². The van der Waals surface area contributed by atoms with Gasteiger partial charge < -0.3 is 5.32 Å². The molecule has 0 unspecified atom stereocenters. The summed E-state index contributed by atoms with van der Waals surface area (Å²) in [6.45, 7) is 0. The van der Waals surface area contributed by atoms with Crippen molar-refractivity contribution in [1.82, 2.24) is 0 Å². The summed E-state index contributed by atoms with van der Waals surface area (Å²) < 4.78 is 39.6. The summed E-state index contributed by atoms with van der Waals surface area (Å²) in [5, 5.41) is 2.88. The van der Waals surface area contributed by atoms with Crippen LogP contribution >= 0.6 is 11.8 Å². The smallest absolute Gasteiger partial charge is 0.142 e. The van der Waals surface area contributed by atoms with Crippen molar-refractivity contribution < 1.29 is 13.2 Å². The fourth-order valence-electron chi connectivity index (χ4n) is 1.70. The third-order valence-electron chi connectivity index (χ3n) is 2.43. The number of fused-ring (bicyclic) bond motifs is 2. The van der Waals surface area contributed by atoms with Crippen LogP contribution in [-0.4, -0.2) is 0 Å². The molecule has 1 heterocycles. The Bertz CT molecular complexity index is 613. The first kappa shape index (κ1) is 10.5. The minimum Gasteiger partial charge on any atom is -0.354 e. The lowest BCUT2D eigenvalue weighted by atomic mass is 10.2. The standard InChI is InChI=1S/C12H6F3NS/c13-6-1-2-9-11(5-6)17-12-8(15)3-7(14)4-10(12)16-9/h1-5,16H. The Balaban J connectivity index is 2.14. The van der Waals surface area contributed by atoms with Gasteiger partial charge in [-0.25, -0.2) is 13.2 Å². The van der Waals surface area contributed by atoms with E-state index in [1.807, 2.05) is 0 Å². The number of nitrogens with one attached hydrogen (secondary N) is 1. The van der Waals surface area contributed by atoms with Crippen LogP contribution in [0.5, 0.6) is 0 Å². The van der Waals surface area contributed by atoms with Gasteiger partial charge in [-0.3, -0.25) is 0 Å². The van der Waals surface area contributed by atoms with Crippen molar-refractivity contribution in [3.8, 4) is 0 Å². The van der Waals surface area contributed by atoms with Crippen LogP contribution in [0.3, 0.4) is 0 Å². The number of benzene rings is 2. The van der Waals surface area contributed by atoms with Gasteiger partial charge in [0.2, 0.25) is 0 Å². The molecule has 0 spiro atoms. The predicted octanol–water partition coefficient (Wildman–Crippen LogP) is 4.31. The number of hydrogen-bond acceptors (Lipinski definition) is 2. The number of halogens is 3. The van der Waals surface area contributed by atoms with Crippen molar-refractivity contribution in [3.63, 3.8) is 0 Å². The molecule has 0 bridgehead atoms. The summed E-state index contributed by atoms with van der Waals surface area (Å²) in [5.41, 5.74) is 1.01. The zero-order valence-corrected chi connectivity index (χ0v) is 9.25. The van der Waals surface area contributed by atoms with E-state index in [2.05, 4.69) is 5.32 Å². The summed E-state index contributed by atoms with van der Waals surface area (Å²) in [6, 6.07) is 6.20. The van der Waals surface area contributed by atoms with Gasteiger partial charge in [-0.05, 0) is 24.3 Å². The third kappa shape index (κ3) is 1.76. The summed E-state index contributed by atoms with van der Waals surface area (Å²) in [6.07, 6.45) is 0. The molecular weight excluding hydrogens is 247 g/mol. The zero-order valence-electron chi connectivity index (χ0n) is 8.43. The second-order valence-corrected chi connectivity index (χ2v) is 4.68. The van der Waals surface area contributed by atoms with Crippen molar-refractivity contribution in [2.45, 2.75) is 9.79 Å². The van der Waals surface area contributed by atoms with Crippen LogP contribution in [0.25, 0.3) is 0 Å². The van der Waals surface area contributed by atoms with E-state index < -0.39 is 11.6 Å². The van der Waals surface area contributed by atoms with Crippen LogP contribution in [-0.2, 0) is 0 Å². The van der Waals surface area contributed by atoms with Gasteiger partial charge in [-0.1, -0.05) is 11.8 Å². The van der Waals surface area contributed by atoms with Gasteiger partial charge in [-0.15, -0.1) is 0 Å². The van der Waals surface area contributed by atoms with Crippen molar-refractivity contribution in [1.29, 1.82) is 0 Å². The van der Waals surface area contributed by atoms with Crippen molar-refractivity contribution in [2.24, 2.45) is 0 Å². The monoisotopic (exact) mass is 253 g/mol. The van der Waals surface area contributed by atoms with E-state index in [-0.39, 0.29) is 10.7 Å². The summed E-state index contributed by atoms with van der Waals surface area (Å²) in [5.74, 6) is -1.67. The van der Waals surface area contributed by atoms with E-state index in [4.69, 9.17) is 0 Å². The van der Waals surface area contributed by atoms with Gasteiger partial charge in [0.15, 0.2) is 0 Å². The Morgan fingerprint density at radius 2 is 1.71 bits per heavy atom. The number of hydrogen-bond donors (Lipinski definition) is 1. The Labute approximate surface area is 99.7 Å².